The summed E-state index contributed by atoms with van der Waals surface area (Å²) in [7, 11) is 0. The normalized spacial score (nSPS) is 46.2. The molecule has 1 aliphatic heterocycles. The van der Waals surface area contributed by atoms with E-state index in [0.29, 0.717) is 12.0 Å². The lowest BCUT2D eigenvalue weighted by atomic mass is 9.60. The lowest BCUT2D eigenvalue weighted by Gasteiger charge is -2.52. The van der Waals surface area contributed by atoms with Gasteiger partial charge in [-0.05, 0) is 55.8 Å². The predicted molar refractivity (Wildman–Crippen MR) is 97.3 cm³/mol. The van der Waals surface area contributed by atoms with Crippen molar-refractivity contribution in [1.82, 2.24) is 0 Å². The third kappa shape index (κ3) is 4.31. The highest BCUT2D eigenvalue weighted by molar-refractivity contribution is 4.97. The molecule has 0 bridgehead atoms. The molecule has 1 saturated heterocycles. The fraction of sp³-hybridized carbons (Fsp3) is 1.00. The Labute approximate surface area is 144 Å². The van der Waals surface area contributed by atoms with Crippen molar-refractivity contribution in [3.8, 4) is 0 Å². The van der Waals surface area contributed by atoms with E-state index in [1.165, 1.54) is 38.5 Å². The largest absolute Gasteiger partial charge is 0.353 e. The first kappa shape index (κ1) is 19.2. The second kappa shape index (κ2) is 8.85. The molecule has 1 heterocycles. The van der Waals surface area contributed by atoms with E-state index < -0.39 is 0 Å². The van der Waals surface area contributed by atoms with Gasteiger partial charge in [-0.15, -0.1) is 0 Å². The molecule has 0 radical (unpaired) electrons. The molecule has 2 heteroatoms. The molecular weight excluding hydrogens is 284 g/mol. The Morgan fingerprint density at radius 3 is 2.22 bits per heavy atom. The van der Waals surface area contributed by atoms with Crippen molar-refractivity contribution in [2.24, 2.45) is 35.5 Å². The standard InChI is InChI=1S/C18H32O2.C3H8/c1-5-19-18-13(4)15-9-7-12(3)14-8-6-11(2)10-16(20-18)17(14)15;1-3-2/h11-18H,5-10H2,1-4H3;3H2,1-2H3/t11?,12?,13-,14?,15+,16?,17?,18?;/m1./s1. The maximum Gasteiger partial charge on any atom is 0.160 e. The van der Waals surface area contributed by atoms with Gasteiger partial charge in [0.05, 0.1) is 6.10 Å². The zero-order valence-corrected chi connectivity index (χ0v) is 16.4. The van der Waals surface area contributed by atoms with E-state index in [1.807, 2.05) is 0 Å². The minimum Gasteiger partial charge on any atom is -0.353 e. The number of rotatable bonds is 2. The highest BCUT2D eigenvalue weighted by Gasteiger charge is 2.51. The van der Waals surface area contributed by atoms with Gasteiger partial charge in [0.1, 0.15) is 0 Å². The first-order chi connectivity index (χ1) is 11.0. The molecule has 3 rings (SSSR count). The van der Waals surface area contributed by atoms with Crippen molar-refractivity contribution in [2.45, 2.75) is 92.5 Å². The molecule has 0 aromatic heterocycles. The van der Waals surface area contributed by atoms with Crippen molar-refractivity contribution < 1.29 is 9.47 Å². The molecule has 0 amide bonds. The summed E-state index contributed by atoms with van der Waals surface area (Å²) in [6.45, 7) is 14.4. The Balaban J connectivity index is 0.000000595. The van der Waals surface area contributed by atoms with E-state index in [9.17, 15) is 0 Å². The monoisotopic (exact) mass is 324 g/mol. The number of hydrogen-bond acceptors (Lipinski definition) is 2. The van der Waals surface area contributed by atoms with E-state index in [4.69, 9.17) is 9.47 Å². The maximum absolute atomic E-state index is 6.46. The van der Waals surface area contributed by atoms with Gasteiger partial charge in [0.2, 0.25) is 0 Å². The number of ether oxygens (including phenoxy) is 2. The second-order valence-corrected chi connectivity index (χ2v) is 8.44. The average Bonchev–Trinajstić information content (AvgIpc) is 2.67. The van der Waals surface area contributed by atoms with Crippen LogP contribution in [0.3, 0.4) is 0 Å². The summed E-state index contributed by atoms with van der Waals surface area (Å²) in [5, 5.41) is 0. The van der Waals surface area contributed by atoms with Gasteiger partial charge in [0.25, 0.3) is 0 Å². The molecule has 23 heavy (non-hydrogen) atoms. The Hall–Kier alpha value is -0.0800. The van der Waals surface area contributed by atoms with Crippen LogP contribution in [0.1, 0.15) is 80.1 Å². The molecule has 3 aliphatic rings. The highest BCUT2D eigenvalue weighted by atomic mass is 16.7. The minimum absolute atomic E-state index is 0.0469. The first-order valence-electron chi connectivity index (χ1n) is 10.3. The summed E-state index contributed by atoms with van der Waals surface area (Å²) in [4.78, 5) is 0. The van der Waals surface area contributed by atoms with E-state index >= 15 is 0 Å². The second-order valence-electron chi connectivity index (χ2n) is 8.44. The Morgan fingerprint density at radius 2 is 1.57 bits per heavy atom. The van der Waals surface area contributed by atoms with Crippen LogP contribution >= 0.6 is 0 Å². The SMILES string of the molecule is CCC.CCOC1OC2CC(C)CCC3C(C)CC[C@H](C23)[C@H]1C. The molecule has 2 nitrogen and oxygen atoms in total. The van der Waals surface area contributed by atoms with Crippen molar-refractivity contribution in [3.63, 3.8) is 0 Å². The lowest BCUT2D eigenvalue weighted by Crippen LogP contribution is -2.52. The molecular formula is C21H40O2. The van der Waals surface area contributed by atoms with Crippen LogP contribution in [0.4, 0.5) is 0 Å². The molecule has 136 valence electrons. The third-order valence-corrected chi connectivity index (χ3v) is 6.48. The van der Waals surface area contributed by atoms with Crippen molar-refractivity contribution in [1.29, 1.82) is 0 Å². The third-order valence-electron chi connectivity index (χ3n) is 6.48. The van der Waals surface area contributed by atoms with Crippen molar-refractivity contribution in [2.75, 3.05) is 6.61 Å². The van der Waals surface area contributed by atoms with E-state index in [0.717, 1.165) is 36.2 Å². The average molecular weight is 325 g/mol. The molecule has 0 aromatic carbocycles. The summed E-state index contributed by atoms with van der Waals surface area (Å²) >= 11 is 0. The van der Waals surface area contributed by atoms with Crippen LogP contribution in [-0.2, 0) is 9.47 Å². The van der Waals surface area contributed by atoms with Crippen LogP contribution in [0.2, 0.25) is 0 Å². The molecule has 0 spiro atoms. The van der Waals surface area contributed by atoms with Gasteiger partial charge in [0, 0.05) is 12.5 Å². The Morgan fingerprint density at radius 1 is 0.913 bits per heavy atom. The predicted octanol–water partition coefficient (Wildman–Crippen LogP) is 5.90. The van der Waals surface area contributed by atoms with E-state index in [2.05, 4.69) is 41.5 Å². The van der Waals surface area contributed by atoms with Crippen LogP contribution in [0, 0.1) is 35.5 Å². The van der Waals surface area contributed by atoms with Gasteiger partial charge in [0.15, 0.2) is 6.29 Å². The van der Waals surface area contributed by atoms with Crippen LogP contribution in [0.5, 0.6) is 0 Å². The van der Waals surface area contributed by atoms with Gasteiger partial charge in [-0.2, -0.15) is 0 Å². The molecule has 8 atom stereocenters. The number of hydrogen-bond donors (Lipinski definition) is 0. The van der Waals surface area contributed by atoms with Crippen LogP contribution < -0.4 is 0 Å². The zero-order chi connectivity index (χ0) is 17.0. The van der Waals surface area contributed by atoms with Crippen LogP contribution in [-0.4, -0.2) is 19.0 Å². The quantitative estimate of drug-likeness (QED) is 0.629. The first-order valence-corrected chi connectivity index (χ1v) is 10.3. The maximum atomic E-state index is 6.46. The molecule has 3 fully saturated rings. The topological polar surface area (TPSA) is 18.5 Å². The summed E-state index contributed by atoms with van der Waals surface area (Å²) in [6, 6.07) is 0. The molecule has 2 saturated carbocycles. The van der Waals surface area contributed by atoms with Crippen molar-refractivity contribution >= 4 is 0 Å². The van der Waals surface area contributed by atoms with Crippen LogP contribution in [0.25, 0.3) is 0 Å². The summed E-state index contributed by atoms with van der Waals surface area (Å²) in [6.07, 6.45) is 8.63. The van der Waals surface area contributed by atoms with Crippen molar-refractivity contribution in [3.05, 3.63) is 0 Å². The smallest absolute Gasteiger partial charge is 0.160 e. The van der Waals surface area contributed by atoms with Gasteiger partial charge >= 0.3 is 0 Å². The minimum atomic E-state index is 0.0469. The zero-order valence-electron chi connectivity index (χ0n) is 16.4. The van der Waals surface area contributed by atoms with Gasteiger partial charge in [-0.1, -0.05) is 53.9 Å². The Bertz CT molecular complexity index is 343. The lowest BCUT2D eigenvalue weighted by molar-refractivity contribution is -0.266. The molecule has 2 aliphatic carbocycles. The van der Waals surface area contributed by atoms with E-state index in [1.54, 1.807) is 0 Å². The van der Waals surface area contributed by atoms with E-state index in [-0.39, 0.29) is 6.29 Å². The fourth-order valence-electron chi connectivity index (χ4n) is 5.35. The van der Waals surface area contributed by atoms with Crippen LogP contribution in [0.15, 0.2) is 0 Å². The van der Waals surface area contributed by atoms with Gasteiger partial charge < -0.3 is 9.47 Å². The van der Waals surface area contributed by atoms with Gasteiger partial charge in [-0.3, -0.25) is 0 Å². The molecule has 6 unspecified atom stereocenters. The summed E-state index contributed by atoms with van der Waals surface area (Å²) in [5.41, 5.74) is 0. The molecule has 0 N–H and O–H groups in total. The summed E-state index contributed by atoms with van der Waals surface area (Å²) in [5.74, 6) is 4.80. The molecule has 0 aromatic rings. The Kier molecular flexibility index (Phi) is 7.41. The van der Waals surface area contributed by atoms with Gasteiger partial charge in [-0.25, -0.2) is 0 Å². The summed E-state index contributed by atoms with van der Waals surface area (Å²) < 4.78 is 12.4. The highest BCUT2D eigenvalue weighted by Crippen LogP contribution is 2.53. The fourth-order valence-corrected chi connectivity index (χ4v) is 5.35.